The van der Waals surface area contributed by atoms with Crippen LogP contribution in [0.3, 0.4) is 0 Å². The number of hydrogen-bond acceptors (Lipinski definition) is 5. The van der Waals surface area contributed by atoms with Gasteiger partial charge in [0.15, 0.2) is 5.78 Å². The Hall–Kier alpha value is -4.01. The molecule has 1 amide bonds. The number of hydrogen-bond donors (Lipinski definition) is 1. The van der Waals surface area contributed by atoms with Crippen molar-refractivity contribution in [3.63, 3.8) is 0 Å². The van der Waals surface area contributed by atoms with Crippen LogP contribution in [0.4, 0.5) is 0 Å². The molecule has 0 saturated carbocycles. The van der Waals surface area contributed by atoms with E-state index in [4.69, 9.17) is 34.8 Å². The molecule has 1 aromatic heterocycles. The summed E-state index contributed by atoms with van der Waals surface area (Å²) >= 11 is 20.1. The number of halogens is 3. The van der Waals surface area contributed by atoms with Crippen molar-refractivity contribution in [2.75, 3.05) is 0 Å². The second-order valence-electron chi connectivity index (χ2n) is 10.1. The van der Waals surface area contributed by atoms with E-state index < -0.39 is 17.9 Å². The van der Waals surface area contributed by atoms with Gasteiger partial charge >= 0.3 is 5.97 Å². The maximum Gasteiger partial charge on any atom is 0.326 e. The number of carboxylic acid groups (broad SMARTS) is 1. The van der Waals surface area contributed by atoms with Gasteiger partial charge in [0.05, 0.1) is 26.9 Å². The van der Waals surface area contributed by atoms with Gasteiger partial charge in [-0.3, -0.25) is 9.59 Å². The lowest BCUT2D eigenvalue weighted by Gasteiger charge is -2.30. The standard InChI is InChI=1S/C34H25Cl3N2O4S/c1-20-30(31(38-44-20)25-12-5-6-13-27(25)36)32(40)23-11-7-10-22(16-23)19-39(33(41)26-15-14-24(35)18-28(26)37)29(34(42)43)17-21-8-3-2-4-9-21/h2-16,18,29H,17,19H2,1H3,(H,42,43)/t29-/m0/s1. The lowest BCUT2D eigenvalue weighted by molar-refractivity contribution is -0.142. The van der Waals surface area contributed by atoms with Crippen LogP contribution >= 0.6 is 46.3 Å². The molecule has 6 nitrogen and oxygen atoms in total. The lowest BCUT2D eigenvalue weighted by Crippen LogP contribution is -2.46. The number of carbonyl (C=O) groups is 3. The average molecular weight is 664 g/mol. The number of nitrogens with zero attached hydrogens (tertiary/aromatic N) is 2. The third-order valence-electron chi connectivity index (χ3n) is 7.12. The van der Waals surface area contributed by atoms with Gasteiger partial charge in [-0.15, -0.1) is 0 Å². The highest BCUT2D eigenvalue weighted by Gasteiger charge is 2.32. The molecule has 44 heavy (non-hydrogen) atoms. The van der Waals surface area contributed by atoms with Gasteiger partial charge in [0.2, 0.25) is 0 Å². The maximum absolute atomic E-state index is 13.9. The number of aliphatic carboxylic acids is 1. The number of aryl methyl sites for hydroxylation is 1. The molecule has 0 radical (unpaired) electrons. The Kier molecular flexibility index (Phi) is 9.81. The van der Waals surface area contributed by atoms with Crippen molar-refractivity contribution in [2.24, 2.45) is 0 Å². The zero-order valence-corrected chi connectivity index (χ0v) is 26.4. The quantitative estimate of drug-likeness (QED) is 0.151. The largest absolute Gasteiger partial charge is 0.480 e. The number of carboxylic acids is 1. The maximum atomic E-state index is 13.9. The molecule has 1 heterocycles. The number of ketones is 1. The first-order valence-corrected chi connectivity index (χ1v) is 15.4. The van der Waals surface area contributed by atoms with E-state index in [-0.39, 0.29) is 29.3 Å². The Morgan fingerprint density at radius 2 is 1.55 bits per heavy atom. The van der Waals surface area contributed by atoms with Gasteiger partial charge in [-0.05, 0) is 59.9 Å². The third kappa shape index (κ3) is 6.87. The van der Waals surface area contributed by atoms with Crippen molar-refractivity contribution in [2.45, 2.75) is 25.9 Å². The summed E-state index contributed by atoms with van der Waals surface area (Å²) in [5, 5.41) is 11.3. The molecule has 10 heteroatoms. The molecule has 0 aliphatic rings. The second kappa shape index (κ2) is 13.7. The monoisotopic (exact) mass is 662 g/mol. The molecule has 5 rings (SSSR count). The Balaban J connectivity index is 1.53. The number of amides is 1. The number of rotatable bonds is 10. The summed E-state index contributed by atoms with van der Waals surface area (Å²) in [6.45, 7) is 1.73. The number of benzene rings is 4. The van der Waals surface area contributed by atoms with Crippen LogP contribution in [0.5, 0.6) is 0 Å². The van der Waals surface area contributed by atoms with Crippen LogP contribution in [0.1, 0.15) is 42.3 Å². The Labute approximate surface area is 273 Å². The molecule has 0 aliphatic carbocycles. The summed E-state index contributed by atoms with van der Waals surface area (Å²) < 4.78 is 4.51. The summed E-state index contributed by atoms with van der Waals surface area (Å²) in [7, 11) is 0. The Morgan fingerprint density at radius 3 is 2.25 bits per heavy atom. The van der Waals surface area contributed by atoms with Gasteiger partial charge in [-0.2, -0.15) is 4.37 Å². The molecule has 1 N–H and O–H groups in total. The summed E-state index contributed by atoms with van der Waals surface area (Å²) in [4.78, 5) is 42.5. The van der Waals surface area contributed by atoms with Crippen LogP contribution in [0.15, 0.2) is 97.1 Å². The Morgan fingerprint density at radius 1 is 0.841 bits per heavy atom. The van der Waals surface area contributed by atoms with E-state index in [0.717, 1.165) is 10.4 Å². The predicted octanol–water partition coefficient (Wildman–Crippen LogP) is 8.65. The van der Waals surface area contributed by atoms with E-state index in [1.165, 1.54) is 34.6 Å². The summed E-state index contributed by atoms with van der Waals surface area (Å²) in [5.41, 5.74) is 3.38. The topological polar surface area (TPSA) is 87.6 Å². The van der Waals surface area contributed by atoms with Gasteiger partial charge in [0.1, 0.15) is 6.04 Å². The van der Waals surface area contributed by atoms with E-state index >= 15 is 0 Å². The van der Waals surface area contributed by atoms with Crippen molar-refractivity contribution < 1.29 is 19.5 Å². The molecule has 0 bridgehead atoms. The smallest absolute Gasteiger partial charge is 0.326 e. The van der Waals surface area contributed by atoms with E-state index in [1.807, 2.05) is 43.3 Å². The van der Waals surface area contributed by atoms with Crippen LogP contribution in [-0.2, 0) is 17.8 Å². The molecule has 1 atom stereocenters. The summed E-state index contributed by atoms with van der Waals surface area (Å²) in [5.74, 6) is -2.01. The van der Waals surface area contributed by atoms with Crippen molar-refractivity contribution >= 4 is 64.0 Å². The van der Waals surface area contributed by atoms with Gasteiger partial charge in [-0.25, -0.2) is 4.79 Å². The molecule has 5 aromatic rings. The SMILES string of the molecule is Cc1snc(-c2ccccc2Cl)c1C(=O)c1cccc(CN(C(=O)c2ccc(Cl)cc2Cl)[C@@H](Cc2ccccc2)C(=O)O)c1. The van der Waals surface area contributed by atoms with Gasteiger partial charge < -0.3 is 10.0 Å². The number of aromatic nitrogens is 1. The zero-order chi connectivity index (χ0) is 31.4. The fraction of sp³-hybridized carbons (Fsp3) is 0.118. The lowest BCUT2D eigenvalue weighted by atomic mass is 9.96. The van der Waals surface area contributed by atoms with E-state index in [2.05, 4.69) is 4.37 Å². The average Bonchev–Trinajstić information content (AvgIpc) is 3.39. The van der Waals surface area contributed by atoms with E-state index in [0.29, 0.717) is 38.0 Å². The van der Waals surface area contributed by atoms with Gasteiger partial charge in [-0.1, -0.05) is 102 Å². The highest BCUT2D eigenvalue weighted by atomic mass is 35.5. The second-order valence-corrected chi connectivity index (χ2v) is 12.3. The van der Waals surface area contributed by atoms with Crippen molar-refractivity contribution in [1.29, 1.82) is 0 Å². The molecule has 0 fully saturated rings. The first kappa shape index (κ1) is 31.4. The highest BCUT2D eigenvalue weighted by Crippen LogP contribution is 2.34. The summed E-state index contributed by atoms with van der Waals surface area (Å²) in [6.07, 6.45) is 0.0622. The molecule has 0 aliphatic heterocycles. The molecular weight excluding hydrogens is 639 g/mol. The van der Waals surface area contributed by atoms with Crippen LogP contribution in [0.2, 0.25) is 15.1 Å². The predicted molar refractivity (Wildman–Crippen MR) is 175 cm³/mol. The molecule has 4 aromatic carbocycles. The van der Waals surface area contributed by atoms with Crippen LogP contribution in [0.25, 0.3) is 11.3 Å². The fourth-order valence-corrected chi connectivity index (χ4v) is 6.35. The molecule has 0 spiro atoms. The minimum absolute atomic E-state index is 0.0622. The van der Waals surface area contributed by atoms with Crippen molar-refractivity contribution in [3.05, 3.63) is 145 Å². The van der Waals surface area contributed by atoms with Crippen molar-refractivity contribution in [1.82, 2.24) is 9.27 Å². The number of carbonyl (C=O) groups excluding carboxylic acids is 2. The van der Waals surface area contributed by atoms with Crippen LogP contribution < -0.4 is 0 Å². The first-order chi connectivity index (χ1) is 21.1. The first-order valence-electron chi connectivity index (χ1n) is 13.5. The minimum atomic E-state index is -1.23. The van der Waals surface area contributed by atoms with Gasteiger partial charge in [0, 0.05) is 34.0 Å². The normalized spacial score (nSPS) is 11.6. The highest BCUT2D eigenvalue weighted by molar-refractivity contribution is 7.06. The molecule has 222 valence electrons. The molecule has 0 unspecified atom stereocenters. The molecule has 0 saturated heterocycles. The minimum Gasteiger partial charge on any atom is -0.480 e. The fourth-order valence-electron chi connectivity index (χ4n) is 4.94. The van der Waals surface area contributed by atoms with E-state index in [9.17, 15) is 19.5 Å². The van der Waals surface area contributed by atoms with Crippen LogP contribution in [0, 0.1) is 6.92 Å². The van der Waals surface area contributed by atoms with Crippen molar-refractivity contribution in [3.8, 4) is 11.3 Å². The third-order valence-corrected chi connectivity index (χ3v) is 8.75. The zero-order valence-electron chi connectivity index (χ0n) is 23.3. The summed E-state index contributed by atoms with van der Waals surface area (Å²) in [6, 6.07) is 26.3. The van der Waals surface area contributed by atoms with Crippen LogP contribution in [-0.4, -0.2) is 38.1 Å². The molecular formula is C34H25Cl3N2O4S. The Bertz CT molecular complexity index is 1860. The van der Waals surface area contributed by atoms with E-state index in [1.54, 1.807) is 42.5 Å². The van der Waals surface area contributed by atoms with Gasteiger partial charge in [0.25, 0.3) is 5.91 Å².